The Bertz CT molecular complexity index is 112. The highest BCUT2D eigenvalue weighted by Crippen LogP contribution is 2.62. The highest BCUT2D eigenvalue weighted by atomic mass is 35.7. The van der Waals surface area contributed by atoms with Crippen LogP contribution in [0.5, 0.6) is 0 Å². The van der Waals surface area contributed by atoms with Crippen LogP contribution < -0.4 is 4.72 Å². The molecule has 1 unspecified atom stereocenters. The summed E-state index contributed by atoms with van der Waals surface area (Å²) in [7, 11) is 1.77. The minimum atomic E-state index is -2.08. The minimum Gasteiger partial charge on any atom is -0.330 e. The molecule has 6 heteroatoms. The van der Waals surface area contributed by atoms with E-state index in [2.05, 4.69) is 4.72 Å². The fourth-order valence-corrected chi connectivity index (χ4v) is 3.90. The molecule has 0 saturated heterocycles. The molecule has 0 fully saturated rings. The van der Waals surface area contributed by atoms with E-state index in [-0.39, 0.29) is 0 Å². The molecule has 0 spiro atoms. The van der Waals surface area contributed by atoms with E-state index in [0.717, 1.165) is 0 Å². The van der Waals surface area contributed by atoms with Gasteiger partial charge in [0.25, 0.3) is 0 Å². The Morgan fingerprint density at radius 2 is 2.44 bits per heavy atom. The Morgan fingerprint density at radius 1 is 1.89 bits per heavy atom. The lowest BCUT2D eigenvalue weighted by Gasteiger charge is -2.10. The third-order valence-corrected chi connectivity index (χ3v) is 4.87. The highest BCUT2D eigenvalue weighted by Gasteiger charge is 2.11. The monoisotopic (exact) mass is 205 g/mol. The summed E-state index contributed by atoms with van der Waals surface area (Å²) in [5, 5.41) is 0. The molecule has 0 aromatic heterocycles. The summed E-state index contributed by atoms with van der Waals surface area (Å²) in [6.07, 6.45) is 0. The molecule has 0 radical (unpaired) electrons. The van der Waals surface area contributed by atoms with Crippen LogP contribution in [0.15, 0.2) is 0 Å². The molecule has 0 aliphatic rings. The molecule has 0 aromatic carbocycles. The maximum absolute atomic E-state index is 5.74. The second-order valence-electron chi connectivity index (χ2n) is 1.14. The van der Waals surface area contributed by atoms with E-state index in [9.17, 15) is 0 Å². The van der Waals surface area contributed by atoms with Gasteiger partial charge in [0.05, 0.1) is 6.61 Å². The lowest BCUT2D eigenvalue weighted by molar-refractivity contribution is 0.392. The van der Waals surface area contributed by atoms with Crippen LogP contribution in [0.4, 0.5) is 0 Å². The van der Waals surface area contributed by atoms with Gasteiger partial charge in [0.15, 0.2) is 0 Å². The topological polar surface area (TPSA) is 21.3 Å². The summed E-state index contributed by atoms with van der Waals surface area (Å²) >= 11 is 11.9. The van der Waals surface area contributed by atoms with Crippen LogP contribution in [0.3, 0.4) is 0 Å². The van der Waals surface area contributed by atoms with Gasteiger partial charge in [0.2, 0.25) is 4.82 Å². The van der Waals surface area contributed by atoms with Crippen LogP contribution in [-0.4, -0.2) is 13.7 Å². The second-order valence-corrected chi connectivity index (χ2v) is 9.81. The van der Waals surface area contributed by atoms with Crippen LogP contribution in [0.25, 0.3) is 0 Å². The lowest BCUT2D eigenvalue weighted by atomic mass is 10.9. The van der Waals surface area contributed by atoms with Crippen molar-refractivity contribution < 1.29 is 4.52 Å². The predicted molar refractivity (Wildman–Crippen MR) is 48.4 cm³/mol. The maximum atomic E-state index is 5.74. The summed E-state index contributed by atoms with van der Waals surface area (Å²) in [6, 6.07) is 0. The smallest absolute Gasteiger partial charge is 0.221 e. The van der Waals surface area contributed by atoms with Gasteiger partial charge in [-0.3, -0.25) is 4.72 Å². The van der Waals surface area contributed by atoms with Gasteiger partial charge in [-0.1, -0.05) is 0 Å². The van der Waals surface area contributed by atoms with Crippen molar-refractivity contribution in [2.45, 2.75) is 6.92 Å². The standard InChI is InChI=1S/C3H9ClNOPS2/c1-3-6-7(4,8)9-5-2/h5H,3H2,1-2H3. The highest BCUT2D eigenvalue weighted by molar-refractivity contribution is 8.75. The third-order valence-electron chi connectivity index (χ3n) is 0.484. The van der Waals surface area contributed by atoms with Gasteiger partial charge < -0.3 is 4.52 Å². The molecular weight excluding hydrogens is 197 g/mol. The molecular formula is C3H9ClNOPS2. The average Bonchev–Trinajstić information content (AvgIpc) is 1.64. The summed E-state index contributed by atoms with van der Waals surface area (Å²) in [5.41, 5.74) is 0. The molecule has 56 valence electrons. The van der Waals surface area contributed by atoms with E-state index >= 15 is 0 Å². The quantitative estimate of drug-likeness (QED) is 0.562. The zero-order valence-electron chi connectivity index (χ0n) is 5.26. The van der Waals surface area contributed by atoms with Crippen LogP contribution in [0.2, 0.25) is 0 Å². The van der Waals surface area contributed by atoms with Crippen LogP contribution >= 0.6 is 27.6 Å². The normalized spacial score (nSPS) is 17.2. The maximum Gasteiger partial charge on any atom is 0.221 e. The van der Waals surface area contributed by atoms with Crippen LogP contribution in [0.1, 0.15) is 6.92 Å². The van der Waals surface area contributed by atoms with E-state index in [1.165, 1.54) is 11.6 Å². The van der Waals surface area contributed by atoms with Gasteiger partial charge in [-0.05, 0) is 48.6 Å². The first-order chi connectivity index (χ1) is 4.12. The van der Waals surface area contributed by atoms with Crippen molar-refractivity contribution in [1.82, 2.24) is 4.72 Å². The van der Waals surface area contributed by atoms with E-state index < -0.39 is 4.82 Å². The fraction of sp³-hybridized carbons (Fsp3) is 1.00. The van der Waals surface area contributed by atoms with Crippen molar-refractivity contribution in [1.29, 1.82) is 0 Å². The number of nitrogens with one attached hydrogen (secondary N) is 1. The molecule has 0 aliphatic heterocycles. The van der Waals surface area contributed by atoms with E-state index in [1.807, 2.05) is 6.92 Å². The van der Waals surface area contributed by atoms with Crippen molar-refractivity contribution in [2.75, 3.05) is 13.7 Å². The van der Waals surface area contributed by atoms with Gasteiger partial charge in [0.1, 0.15) is 0 Å². The number of hydrogen-bond acceptors (Lipinski definition) is 4. The molecule has 0 aliphatic carbocycles. The van der Waals surface area contributed by atoms with Gasteiger partial charge in [-0.2, -0.15) is 0 Å². The summed E-state index contributed by atoms with van der Waals surface area (Å²) in [5.74, 6) is 0. The first-order valence-electron chi connectivity index (χ1n) is 2.42. The molecule has 0 saturated carbocycles. The molecule has 0 amide bonds. The molecule has 9 heavy (non-hydrogen) atoms. The number of hydrogen-bond donors (Lipinski definition) is 1. The van der Waals surface area contributed by atoms with Crippen molar-refractivity contribution in [2.24, 2.45) is 0 Å². The Labute approximate surface area is 69.4 Å². The molecule has 1 N–H and O–H groups in total. The van der Waals surface area contributed by atoms with Crippen molar-refractivity contribution in [3.05, 3.63) is 0 Å². The van der Waals surface area contributed by atoms with E-state index in [0.29, 0.717) is 6.61 Å². The molecule has 0 heterocycles. The molecule has 2 nitrogen and oxygen atoms in total. The Balaban J connectivity index is 3.58. The summed E-state index contributed by atoms with van der Waals surface area (Å²) in [4.78, 5) is -2.08. The van der Waals surface area contributed by atoms with Gasteiger partial charge >= 0.3 is 0 Å². The summed E-state index contributed by atoms with van der Waals surface area (Å²) in [6.45, 7) is 2.45. The first-order valence-corrected chi connectivity index (χ1v) is 7.46. The van der Waals surface area contributed by atoms with Crippen LogP contribution in [-0.2, 0) is 16.3 Å². The zero-order chi connectivity index (χ0) is 7.33. The molecule has 0 aromatic rings. The average molecular weight is 206 g/mol. The molecule has 0 bridgehead atoms. The SMILES string of the molecule is CCOP(=S)(Cl)SNC. The Morgan fingerprint density at radius 3 is 2.78 bits per heavy atom. The van der Waals surface area contributed by atoms with Gasteiger partial charge in [-0.25, -0.2) is 0 Å². The van der Waals surface area contributed by atoms with Crippen molar-refractivity contribution in [3.8, 4) is 0 Å². The number of halogens is 1. The second kappa shape index (κ2) is 4.94. The van der Waals surface area contributed by atoms with Crippen LogP contribution in [0, 0.1) is 0 Å². The zero-order valence-corrected chi connectivity index (χ0v) is 8.54. The molecule has 1 atom stereocenters. The Hall–Kier alpha value is 1.21. The van der Waals surface area contributed by atoms with Gasteiger partial charge in [0, 0.05) is 0 Å². The third kappa shape index (κ3) is 5.64. The van der Waals surface area contributed by atoms with E-state index in [4.69, 9.17) is 27.6 Å². The van der Waals surface area contributed by atoms with Crippen molar-refractivity contribution in [3.63, 3.8) is 0 Å². The number of rotatable bonds is 4. The minimum absolute atomic E-state index is 0.579. The Kier molecular flexibility index (Phi) is 5.60. The lowest BCUT2D eigenvalue weighted by Crippen LogP contribution is -1.90. The largest absolute Gasteiger partial charge is 0.330 e. The summed E-state index contributed by atoms with van der Waals surface area (Å²) < 4.78 is 7.86. The van der Waals surface area contributed by atoms with Crippen molar-refractivity contribution >= 4 is 39.4 Å². The predicted octanol–water partition coefficient (Wildman–Crippen LogP) is 2.35. The first kappa shape index (κ1) is 10.2. The van der Waals surface area contributed by atoms with Gasteiger partial charge in [-0.15, -0.1) is 0 Å². The molecule has 0 rings (SSSR count). The van der Waals surface area contributed by atoms with E-state index in [1.54, 1.807) is 7.05 Å². The fourth-order valence-electron chi connectivity index (χ4n) is 0.290.